The van der Waals surface area contributed by atoms with Gasteiger partial charge in [-0.1, -0.05) is 47.0 Å². The second kappa shape index (κ2) is 32.9. The number of rotatable bonds is 23. The molecule has 12 nitrogen and oxygen atoms in total. The first-order valence-corrected chi connectivity index (χ1v) is 13.5. The molecule has 0 saturated carbocycles. The molecule has 0 aliphatic heterocycles. The van der Waals surface area contributed by atoms with Crippen LogP contribution >= 0.6 is 0 Å². The number of ether oxygens (including phenoxy) is 4. The molecule has 0 aliphatic carbocycles. The maximum Gasteiger partial charge on any atom is 0.326 e. The summed E-state index contributed by atoms with van der Waals surface area (Å²) in [6.45, 7) is 12.4. The maximum atomic E-state index is 11.7. The summed E-state index contributed by atoms with van der Waals surface area (Å²) < 4.78 is 20.8. The molecular formula is C26H53N3O9. The van der Waals surface area contributed by atoms with Gasteiger partial charge in [0.15, 0.2) is 0 Å². The summed E-state index contributed by atoms with van der Waals surface area (Å²) >= 11 is 0. The van der Waals surface area contributed by atoms with E-state index in [1.807, 2.05) is 20.9 Å². The van der Waals surface area contributed by atoms with Crippen LogP contribution in [0.1, 0.15) is 66.7 Å². The molecule has 0 heterocycles. The zero-order valence-corrected chi connectivity index (χ0v) is 24.4. The standard InChI is InChI=1S/C19H35N3O9.C5H12.C2H6/c1-15(23)3-4-16(19(26)27)22-18(25)14-31-12-10-29-8-6-21-17(24)13-30-11-9-28-7-5-20-2;1-3-5-4-2;1-2/h16,20H,3-14H2,1-2H3,(H,21,24)(H,22,25)(H,26,27);3-5H2,1-2H3;1-2H3. The zero-order valence-electron chi connectivity index (χ0n) is 24.4. The molecule has 0 aromatic rings. The number of unbranched alkanes of at least 4 members (excludes halogenated alkanes) is 2. The van der Waals surface area contributed by atoms with Crippen molar-refractivity contribution in [3.05, 3.63) is 0 Å². The van der Waals surface area contributed by atoms with Gasteiger partial charge < -0.3 is 44.8 Å². The molecule has 0 aromatic heterocycles. The number of Topliss-reactive ketones (excluding diaryl/α,β-unsaturated/α-hetero) is 1. The topological polar surface area (TPSA) is 162 Å². The van der Waals surface area contributed by atoms with Crippen LogP contribution in [0.2, 0.25) is 0 Å². The van der Waals surface area contributed by atoms with Crippen molar-refractivity contribution in [1.29, 1.82) is 0 Å². The van der Waals surface area contributed by atoms with Gasteiger partial charge in [-0.15, -0.1) is 0 Å². The van der Waals surface area contributed by atoms with Gasteiger partial charge in [-0.25, -0.2) is 4.79 Å². The van der Waals surface area contributed by atoms with Gasteiger partial charge in [-0.05, 0) is 20.4 Å². The lowest BCUT2D eigenvalue weighted by Crippen LogP contribution is -2.42. The van der Waals surface area contributed by atoms with Crippen molar-refractivity contribution >= 4 is 23.6 Å². The Labute approximate surface area is 228 Å². The van der Waals surface area contributed by atoms with Crippen LogP contribution in [0.25, 0.3) is 0 Å². The predicted molar refractivity (Wildman–Crippen MR) is 146 cm³/mol. The van der Waals surface area contributed by atoms with E-state index >= 15 is 0 Å². The summed E-state index contributed by atoms with van der Waals surface area (Å²) in [6.07, 6.45) is 4.17. The van der Waals surface area contributed by atoms with Crippen molar-refractivity contribution in [2.24, 2.45) is 0 Å². The lowest BCUT2D eigenvalue weighted by atomic mass is 10.1. The number of carboxylic acid groups (broad SMARTS) is 1. The van der Waals surface area contributed by atoms with E-state index in [-0.39, 0.29) is 57.6 Å². The third-order valence-corrected chi connectivity index (χ3v) is 4.40. The Balaban J connectivity index is -0.00000155. The Bertz CT molecular complexity index is 576. The summed E-state index contributed by atoms with van der Waals surface area (Å²) in [4.78, 5) is 45.2. The highest BCUT2D eigenvalue weighted by Gasteiger charge is 2.20. The summed E-state index contributed by atoms with van der Waals surface area (Å²) in [6, 6.07) is -1.13. The van der Waals surface area contributed by atoms with Crippen LogP contribution in [0.5, 0.6) is 0 Å². The highest BCUT2D eigenvalue weighted by Crippen LogP contribution is 1.99. The molecule has 38 heavy (non-hydrogen) atoms. The monoisotopic (exact) mass is 551 g/mol. The predicted octanol–water partition coefficient (Wildman–Crippen LogP) is 1.55. The molecule has 0 aliphatic rings. The van der Waals surface area contributed by atoms with Gasteiger partial charge in [0.05, 0.1) is 39.6 Å². The van der Waals surface area contributed by atoms with Crippen molar-refractivity contribution in [1.82, 2.24) is 16.0 Å². The van der Waals surface area contributed by atoms with Gasteiger partial charge in [0.2, 0.25) is 11.8 Å². The molecule has 0 spiro atoms. The Morgan fingerprint density at radius 3 is 1.71 bits per heavy atom. The minimum Gasteiger partial charge on any atom is -0.480 e. The molecule has 1 unspecified atom stereocenters. The van der Waals surface area contributed by atoms with E-state index in [1.54, 1.807) is 0 Å². The molecule has 4 N–H and O–H groups in total. The normalized spacial score (nSPS) is 10.8. The SMILES string of the molecule is CC.CCCCC.CNCCOCCOCC(=O)NCCOCCOCC(=O)NC(CCC(C)=O)C(=O)O. The van der Waals surface area contributed by atoms with Crippen LogP contribution in [0.3, 0.4) is 0 Å². The number of aliphatic carboxylic acids is 1. The molecule has 0 aromatic carbocycles. The van der Waals surface area contributed by atoms with Crippen LogP contribution < -0.4 is 16.0 Å². The zero-order chi connectivity index (χ0) is 29.4. The van der Waals surface area contributed by atoms with E-state index < -0.39 is 17.9 Å². The highest BCUT2D eigenvalue weighted by atomic mass is 16.5. The third kappa shape index (κ3) is 33.9. The van der Waals surface area contributed by atoms with Crippen LogP contribution in [0.4, 0.5) is 0 Å². The number of carboxylic acids is 1. The molecule has 226 valence electrons. The number of carbonyl (C=O) groups is 4. The molecule has 1 atom stereocenters. The number of likely N-dealkylation sites (N-methyl/N-ethyl adjacent to an activating group) is 1. The van der Waals surface area contributed by atoms with Crippen molar-refractivity contribution in [2.75, 3.05) is 73.0 Å². The minimum atomic E-state index is -1.21. The second-order valence-electron chi connectivity index (χ2n) is 7.84. The van der Waals surface area contributed by atoms with Gasteiger partial charge >= 0.3 is 5.97 Å². The molecule has 12 heteroatoms. The Morgan fingerprint density at radius 2 is 1.26 bits per heavy atom. The van der Waals surface area contributed by atoms with Gasteiger partial charge in [-0.2, -0.15) is 0 Å². The second-order valence-corrected chi connectivity index (χ2v) is 7.84. The average Bonchev–Trinajstić information content (AvgIpc) is 2.89. The number of hydrogen-bond acceptors (Lipinski definition) is 9. The fourth-order valence-corrected chi connectivity index (χ4v) is 2.45. The molecular weight excluding hydrogens is 498 g/mol. The van der Waals surface area contributed by atoms with Gasteiger partial charge in [0.1, 0.15) is 25.0 Å². The van der Waals surface area contributed by atoms with Gasteiger partial charge in [-0.3, -0.25) is 9.59 Å². The van der Waals surface area contributed by atoms with Crippen molar-refractivity contribution in [2.45, 2.75) is 72.8 Å². The molecule has 2 amide bonds. The van der Waals surface area contributed by atoms with Crippen LogP contribution in [0, 0.1) is 0 Å². The van der Waals surface area contributed by atoms with E-state index in [0.717, 1.165) is 6.54 Å². The fourth-order valence-electron chi connectivity index (χ4n) is 2.45. The largest absolute Gasteiger partial charge is 0.480 e. The number of ketones is 1. The fraction of sp³-hybridized carbons (Fsp3) is 0.846. The smallest absolute Gasteiger partial charge is 0.326 e. The minimum absolute atomic E-state index is 0.0285. The van der Waals surface area contributed by atoms with E-state index in [9.17, 15) is 19.2 Å². The first kappa shape index (κ1) is 40.4. The average molecular weight is 552 g/mol. The van der Waals surface area contributed by atoms with E-state index in [1.165, 1.54) is 26.2 Å². The van der Waals surface area contributed by atoms with Crippen molar-refractivity contribution in [3.8, 4) is 0 Å². The highest BCUT2D eigenvalue weighted by molar-refractivity contribution is 5.85. The first-order valence-electron chi connectivity index (χ1n) is 13.5. The summed E-state index contributed by atoms with van der Waals surface area (Å²) in [5.74, 6) is -2.20. The molecule has 0 bridgehead atoms. The molecule has 0 rings (SSSR count). The summed E-state index contributed by atoms with van der Waals surface area (Å²) in [5, 5.41) is 16.9. The lowest BCUT2D eigenvalue weighted by Gasteiger charge is -2.14. The van der Waals surface area contributed by atoms with Gasteiger partial charge in [0, 0.05) is 19.5 Å². The number of carbonyl (C=O) groups excluding carboxylic acids is 3. The maximum absolute atomic E-state index is 11.7. The number of hydrogen-bond donors (Lipinski definition) is 4. The Morgan fingerprint density at radius 1 is 0.763 bits per heavy atom. The van der Waals surface area contributed by atoms with Crippen LogP contribution in [-0.4, -0.2) is 108 Å². The van der Waals surface area contributed by atoms with Crippen LogP contribution in [-0.2, 0) is 38.1 Å². The van der Waals surface area contributed by atoms with E-state index in [4.69, 9.17) is 24.1 Å². The first-order chi connectivity index (χ1) is 18.3. The summed E-state index contributed by atoms with van der Waals surface area (Å²) in [5.41, 5.74) is 0. The van der Waals surface area contributed by atoms with E-state index in [0.29, 0.717) is 26.4 Å². The van der Waals surface area contributed by atoms with Gasteiger partial charge in [0.25, 0.3) is 0 Å². The Hall–Kier alpha value is -2.12. The van der Waals surface area contributed by atoms with E-state index in [2.05, 4.69) is 29.8 Å². The quantitative estimate of drug-likeness (QED) is 0.137. The third-order valence-electron chi connectivity index (χ3n) is 4.40. The Kier molecular flexibility index (Phi) is 35.0. The molecule has 0 fully saturated rings. The number of amides is 2. The molecule has 0 saturated heterocycles. The van der Waals surface area contributed by atoms with Crippen LogP contribution in [0.15, 0.2) is 0 Å². The van der Waals surface area contributed by atoms with Crippen molar-refractivity contribution in [3.63, 3.8) is 0 Å². The molecule has 0 radical (unpaired) electrons. The summed E-state index contributed by atoms with van der Waals surface area (Å²) in [7, 11) is 1.83. The lowest BCUT2D eigenvalue weighted by molar-refractivity contribution is -0.143. The van der Waals surface area contributed by atoms with Crippen molar-refractivity contribution < 1.29 is 43.2 Å². The number of nitrogens with one attached hydrogen (secondary N) is 3.